The lowest BCUT2D eigenvalue weighted by atomic mass is 10.1. The number of nitrogens with zero attached hydrogens (tertiary/aromatic N) is 3. The average Bonchev–Trinajstić information content (AvgIpc) is 3.14. The maximum absolute atomic E-state index is 12.0. The van der Waals surface area contributed by atoms with E-state index >= 15 is 0 Å². The molecule has 0 atom stereocenters. The molecule has 6 nitrogen and oxygen atoms in total. The number of hydrogen-bond donors (Lipinski definition) is 0. The first-order valence-corrected chi connectivity index (χ1v) is 9.53. The van der Waals surface area contributed by atoms with E-state index in [1.165, 1.54) is 11.8 Å². The van der Waals surface area contributed by atoms with E-state index in [2.05, 4.69) is 10.2 Å². The van der Waals surface area contributed by atoms with Gasteiger partial charge >= 0.3 is 5.97 Å². The molecule has 1 heterocycles. The molecule has 0 spiro atoms. The molecule has 0 saturated carbocycles. The minimum absolute atomic E-state index is 0.0645. The van der Waals surface area contributed by atoms with Gasteiger partial charge in [-0.1, -0.05) is 72.4 Å². The average molecular weight is 381 g/mol. The van der Waals surface area contributed by atoms with Gasteiger partial charge in [0.15, 0.2) is 23.4 Å². The third-order valence-corrected chi connectivity index (χ3v) is 4.78. The van der Waals surface area contributed by atoms with Crippen molar-refractivity contribution >= 4 is 23.5 Å². The van der Waals surface area contributed by atoms with E-state index in [0.717, 1.165) is 11.4 Å². The summed E-state index contributed by atoms with van der Waals surface area (Å²) in [5.41, 5.74) is 1.49. The molecule has 0 aliphatic heterocycles. The van der Waals surface area contributed by atoms with Gasteiger partial charge in [0.05, 0.1) is 5.75 Å². The zero-order chi connectivity index (χ0) is 19.1. The number of rotatable bonds is 8. The first-order valence-electron chi connectivity index (χ1n) is 8.54. The Morgan fingerprint density at radius 1 is 1.00 bits per heavy atom. The minimum atomic E-state index is -0.462. The molecular weight excluding hydrogens is 362 g/mol. The highest BCUT2D eigenvalue weighted by atomic mass is 32.2. The smallest absolute Gasteiger partial charge is 0.316 e. The highest BCUT2D eigenvalue weighted by Gasteiger charge is 2.15. The Labute approximate surface area is 161 Å². The Bertz CT molecular complexity index is 911. The van der Waals surface area contributed by atoms with E-state index in [4.69, 9.17) is 4.74 Å². The molecule has 0 amide bonds. The number of ketones is 1. The lowest BCUT2D eigenvalue weighted by Gasteiger charge is -2.07. The number of aromatic nitrogens is 3. The number of hydrogen-bond acceptors (Lipinski definition) is 6. The van der Waals surface area contributed by atoms with Gasteiger partial charge in [0.1, 0.15) is 0 Å². The predicted octanol–water partition coefficient (Wildman–Crippen LogP) is 3.48. The van der Waals surface area contributed by atoms with Crippen molar-refractivity contribution < 1.29 is 14.3 Å². The Kier molecular flexibility index (Phi) is 6.38. The van der Waals surface area contributed by atoms with Crippen LogP contribution in [0.2, 0.25) is 0 Å². The van der Waals surface area contributed by atoms with Crippen molar-refractivity contribution in [2.24, 2.45) is 0 Å². The molecule has 3 aromatic rings. The van der Waals surface area contributed by atoms with Crippen molar-refractivity contribution in [1.82, 2.24) is 14.8 Å². The number of benzene rings is 2. The van der Waals surface area contributed by atoms with Crippen LogP contribution in [0, 0.1) is 0 Å². The lowest BCUT2D eigenvalue weighted by Crippen LogP contribution is -2.15. The fourth-order valence-corrected chi connectivity index (χ4v) is 3.30. The molecule has 1 aromatic heterocycles. The number of carbonyl (C=O) groups is 2. The normalized spacial score (nSPS) is 10.6. The second-order valence-corrected chi connectivity index (χ2v) is 6.60. The van der Waals surface area contributed by atoms with Crippen molar-refractivity contribution in [3.8, 4) is 11.4 Å². The van der Waals surface area contributed by atoms with Gasteiger partial charge in [-0.2, -0.15) is 0 Å². The van der Waals surface area contributed by atoms with Crippen LogP contribution in [0.25, 0.3) is 11.4 Å². The summed E-state index contributed by atoms with van der Waals surface area (Å²) >= 11 is 1.25. The maximum atomic E-state index is 12.0. The predicted molar refractivity (Wildman–Crippen MR) is 104 cm³/mol. The summed E-state index contributed by atoms with van der Waals surface area (Å²) in [6.07, 6.45) is 0. The molecule has 0 unspecified atom stereocenters. The van der Waals surface area contributed by atoms with E-state index in [1.807, 2.05) is 47.9 Å². The number of esters is 1. The zero-order valence-corrected chi connectivity index (χ0v) is 15.7. The molecule has 0 bridgehead atoms. The molecule has 138 valence electrons. The molecule has 0 aliphatic carbocycles. The third-order valence-electron chi connectivity index (χ3n) is 3.84. The molecule has 0 fully saturated rings. The standard InChI is InChI=1S/C20H19N3O3S/c1-2-23-19(16-11-7-4-8-12-16)21-22-20(23)27-14-18(25)26-13-17(24)15-9-5-3-6-10-15/h3-12H,2,13-14H2,1H3. The van der Waals surface area contributed by atoms with Gasteiger partial charge in [0, 0.05) is 17.7 Å². The molecule has 27 heavy (non-hydrogen) atoms. The van der Waals surface area contributed by atoms with Crippen molar-refractivity contribution in [2.75, 3.05) is 12.4 Å². The summed E-state index contributed by atoms with van der Waals surface area (Å²) in [5.74, 6) is 0.135. The summed E-state index contributed by atoms with van der Waals surface area (Å²) < 4.78 is 7.02. The van der Waals surface area contributed by atoms with Gasteiger partial charge in [-0.3, -0.25) is 9.59 Å². The third kappa shape index (κ3) is 4.83. The zero-order valence-electron chi connectivity index (χ0n) is 14.9. The van der Waals surface area contributed by atoms with E-state index in [1.54, 1.807) is 24.3 Å². The molecule has 0 aliphatic rings. The van der Waals surface area contributed by atoms with Gasteiger partial charge < -0.3 is 9.30 Å². The Morgan fingerprint density at radius 3 is 2.33 bits per heavy atom. The van der Waals surface area contributed by atoms with Crippen LogP contribution in [0.5, 0.6) is 0 Å². The van der Waals surface area contributed by atoms with E-state index < -0.39 is 5.97 Å². The lowest BCUT2D eigenvalue weighted by molar-refractivity contribution is -0.139. The van der Waals surface area contributed by atoms with Gasteiger partial charge in [-0.25, -0.2) is 0 Å². The van der Waals surface area contributed by atoms with E-state index in [9.17, 15) is 9.59 Å². The SMILES string of the molecule is CCn1c(SCC(=O)OCC(=O)c2ccccc2)nnc1-c1ccccc1. The number of thioether (sulfide) groups is 1. The van der Waals surface area contributed by atoms with Gasteiger partial charge in [0.25, 0.3) is 0 Å². The molecule has 7 heteroatoms. The van der Waals surface area contributed by atoms with Crippen LogP contribution < -0.4 is 0 Å². The summed E-state index contributed by atoms with van der Waals surface area (Å²) in [5, 5.41) is 9.06. The summed E-state index contributed by atoms with van der Waals surface area (Å²) in [6.45, 7) is 2.41. The summed E-state index contributed by atoms with van der Waals surface area (Å²) in [7, 11) is 0. The minimum Gasteiger partial charge on any atom is -0.457 e. The number of carbonyl (C=O) groups excluding carboxylic acids is 2. The van der Waals surface area contributed by atoms with Crippen LogP contribution >= 0.6 is 11.8 Å². The van der Waals surface area contributed by atoms with Crippen molar-refractivity contribution in [3.05, 3.63) is 66.2 Å². The van der Waals surface area contributed by atoms with Gasteiger partial charge in [0.2, 0.25) is 0 Å². The maximum Gasteiger partial charge on any atom is 0.316 e. The van der Waals surface area contributed by atoms with Gasteiger partial charge in [-0.05, 0) is 6.92 Å². The molecular formula is C20H19N3O3S. The fraction of sp³-hybridized carbons (Fsp3) is 0.200. The van der Waals surface area contributed by atoms with Crippen molar-refractivity contribution in [3.63, 3.8) is 0 Å². The fourth-order valence-electron chi connectivity index (χ4n) is 2.50. The summed E-state index contributed by atoms with van der Waals surface area (Å²) in [6, 6.07) is 18.5. The van der Waals surface area contributed by atoms with Crippen LogP contribution in [0.4, 0.5) is 0 Å². The first-order chi connectivity index (χ1) is 13.2. The van der Waals surface area contributed by atoms with E-state index in [-0.39, 0.29) is 18.1 Å². The Hall–Kier alpha value is -2.93. The second kappa shape index (κ2) is 9.14. The van der Waals surface area contributed by atoms with Crippen LogP contribution in [0.3, 0.4) is 0 Å². The van der Waals surface area contributed by atoms with Crippen molar-refractivity contribution in [1.29, 1.82) is 0 Å². The van der Waals surface area contributed by atoms with Gasteiger partial charge in [-0.15, -0.1) is 10.2 Å². The van der Waals surface area contributed by atoms with E-state index in [0.29, 0.717) is 17.3 Å². The molecule has 0 radical (unpaired) electrons. The monoisotopic (exact) mass is 381 g/mol. The first kappa shape index (κ1) is 18.8. The largest absolute Gasteiger partial charge is 0.457 e. The van der Waals surface area contributed by atoms with Crippen LogP contribution in [-0.2, 0) is 16.1 Å². The number of Topliss-reactive ketones (excluding diaryl/α,β-unsaturated/α-hetero) is 1. The molecule has 0 saturated heterocycles. The van der Waals surface area contributed by atoms with Crippen molar-refractivity contribution in [2.45, 2.75) is 18.6 Å². The highest BCUT2D eigenvalue weighted by Crippen LogP contribution is 2.23. The topological polar surface area (TPSA) is 74.1 Å². The van der Waals surface area contributed by atoms with Crippen LogP contribution in [0.1, 0.15) is 17.3 Å². The molecule has 0 N–H and O–H groups in total. The number of ether oxygens (including phenoxy) is 1. The summed E-state index contributed by atoms with van der Waals surface area (Å²) in [4.78, 5) is 23.9. The van der Waals surface area contributed by atoms with Crippen LogP contribution in [-0.4, -0.2) is 38.9 Å². The Morgan fingerprint density at radius 2 is 1.67 bits per heavy atom. The van der Waals surface area contributed by atoms with Crippen LogP contribution in [0.15, 0.2) is 65.8 Å². The Balaban J connectivity index is 1.56. The second-order valence-electron chi connectivity index (χ2n) is 5.66. The quantitative estimate of drug-likeness (QED) is 0.338. The molecule has 2 aromatic carbocycles. The highest BCUT2D eigenvalue weighted by molar-refractivity contribution is 7.99. The molecule has 3 rings (SSSR count).